The van der Waals surface area contributed by atoms with Gasteiger partial charge in [-0.25, -0.2) is 0 Å². The second-order valence-electron chi connectivity index (χ2n) is 16.3. The van der Waals surface area contributed by atoms with Crippen molar-refractivity contribution >= 4 is 102 Å². The molecule has 0 bridgehead atoms. The van der Waals surface area contributed by atoms with Crippen molar-refractivity contribution < 1.29 is 4.74 Å². The number of para-hydroxylation sites is 3. The highest BCUT2D eigenvalue weighted by Gasteiger charge is 2.26. The Bertz CT molecular complexity index is 3900. The fourth-order valence-corrected chi connectivity index (χ4v) is 11.2. The lowest BCUT2D eigenvalue weighted by Crippen LogP contribution is -2.11. The van der Waals surface area contributed by atoms with Gasteiger partial charge in [0, 0.05) is 42.7 Å². The summed E-state index contributed by atoms with van der Waals surface area (Å²) < 4.78 is 9.71. The van der Waals surface area contributed by atoms with Gasteiger partial charge in [0.25, 0.3) is 0 Å². The molecule has 0 fully saturated rings. The SMILES string of the molecule is c1ccc(N(c2ccc3c4ccccc4c4ccccc4c4ccccc4c4cc5sc6ccccc6c5cc4c3c2)c2cccc3c2Oc2ccccc2-c2ccccc2-3)cc1. The molecule has 12 aromatic rings. The van der Waals surface area contributed by atoms with E-state index in [4.69, 9.17) is 4.74 Å². The Labute approximate surface area is 368 Å². The smallest absolute Gasteiger partial charge is 0.159 e. The molecule has 11 aromatic carbocycles. The van der Waals surface area contributed by atoms with Crippen LogP contribution in [-0.2, 0) is 0 Å². The predicted octanol–water partition coefficient (Wildman–Crippen LogP) is 17.9. The summed E-state index contributed by atoms with van der Waals surface area (Å²) in [5, 5.41) is 14.6. The van der Waals surface area contributed by atoms with E-state index in [-0.39, 0.29) is 0 Å². The summed E-state index contributed by atoms with van der Waals surface area (Å²) in [6.45, 7) is 0. The fourth-order valence-electron chi connectivity index (χ4n) is 10.1. The van der Waals surface area contributed by atoms with E-state index in [2.05, 4.69) is 229 Å². The van der Waals surface area contributed by atoms with Gasteiger partial charge in [-0.15, -0.1) is 11.3 Å². The van der Waals surface area contributed by atoms with Gasteiger partial charge in [-0.3, -0.25) is 0 Å². The lowest BCUT2D eigenvalue weighted by atomic mass is 9.93. The van der Waals surface area contributed by atoms with Crippen molar-refractivity contribution in [3.63, 3.8) is 0 Å². The molecule has 1 aromatic heterocycles. The molecular formula is C60H37NOS. The van der Waals surface area contributed by atoms with Crippen LogP contribution in [0.25, 0.3) is 96.3 Å². The van der Waals surface area contributed by atoms with Crippen LogP contribution in [0.1, 0.15) is 0 Å². The summed E-state index contributed by atoms with van der Waals surface area (Å²) in [5.74, 6) is 1.66. The fraction of sp³-hybridized carbons (Fsp3) is 0. The summed E-state index contributed by atoms with van der Waals surface area (Å²) in [6, 6.07) is 82.0. The summed E-state index contributed by atoms with van der Waals surface area (Å²) >= 11 is 1.87. The average Bonchev–Trinajstić information content (AvgIpc) is 3.64. The van der Waals surface area contributed by atoms with Gasteiger partial charge < -0.3 is 9.64 Å². The van der Waals surface area contributed by atoms with Crippen LogP contribution in [0.3, 0.4) is 0 Å². The Balaban J connectivity index is 1.21. The molecule has 0 aliphatic carbocycles. The summed E-state index contributed by atoms with van der Waals surface area (Å²) in [5.41, 5.74) is 7.48. The van der Waals surface area contributed by atoms with Crippen LogP contribution in [0.5, 0.6) is 11.5 Å². The number of hydrogen-bond acceptors (Lipinski definition) is 3. The van der Waals surface area contributed by atoms with Gasteiger partial charge in [-0.05, 0) is 120 Å². The maximum absolute atomic E-state index is 7.13. The Morgan fingerprint density at radius 2 is 0.778 bits per heavy atom. The second-order valence-corrected chi connectivity index (χ2v) is 17.4. The molecular weight excluding hydrogens is 783 g/mol. The highest BCUT2D eigenvalue weighted by molar-refractivity contribution is 7.25. The predicted molar refractivity (Wildman–Crippen MR) is 270 cm³/mol. The normalized spacial score (nSPS) is 11.9. The lowest BCUT2D eigenvalue weighted by Gasteiger charge is -2.28. The topological polar surface area (TPSA) is 12.5 Å². The molecule has 0 N–H and O–H groups in total. The highest BCUT2D eigenvalue weighted by Crippen LogP contribution is 2.53. The molecule has 1 aliphatic heterocycles. The van der Waals surface area contributed by atoms with Crippen molar-refractivity contribution in [1.29, 1.82) is 0 Å². The first-order valence-corrected chi connectivity index (χ1v) is 22.3. The van der Waals surface area contributed by atoms with Crippen LogP contribution in [0.15, 0.2) is 224 Å². The van der Waals surface area contributed by atoms with Crippen molar-refractivity contribution in [1.82, 2.24) is 0 Å². The molecule has 2 nitrogen and oxygen atoms in total. The first-order valence-electron chi connectivity index (χ1n) is 21.5. The molecule has 63 heavy (non-hydrogen) atoms. The van der Waals surface area contributed by atoms with Crippen LogP contribution in [0, 0.1) is 0 Å². The third kappa shape index (κ3) is 5.64. The summed E-state index contributed by atoms with van der Waals surface area (Å²) in [7, 11) is 0. The van der Waals surface area contributed by atoms with Crippen molar-refractivity contribution in [3.05, 3.63) is 224 Å². The highest BCUT2D eigenvalue weighted by atomic mass is 32.1. The zero-order valence-corrected chi connectivity index (χ0v) is 34.9. The zero-order chi connectivity index (χ0) is 41.4. The molecule has 0 saturated carbocycles. The standard InChI is InChI=1S/C60H37NOS/c1-2-17-38(18-3-1)61(56-30-16-29-51-46-25-10-9-24-45(46)49-27-12-14-31-57(49)62-60(51)56)39-33-34-48-44-23-7-6-21-42(44)40-19-4-5-20-41(40)43-22-8-11-26-47(43)54-37-59-55(36-53(54)52(48)35-39)50-28-13-15-32-58(50)63-59/h1-37H. The van der Waals surface area contributed by atoms with E-state index in [0.29, 0.717) is 0 Å². The number of nitrogens with zero attached hydrogens (tertiary/aromatic N) is 1. The molecule has 0 unspecified atom stereocenters. The number of thiophene rings is 1. The van der Waals surface area contributed by atoms with Crippen LogP contribution in [0.2, 0.25) is 0 Å². The minimum absolute atomic E-state index is 0.821. The van der Waals surface area contributed by atoms with E-state index in [1.54, 1.807) is 0 Å². The van der Waals surface area contributed by atoms with E-state index in [1.165, 1.54) is 74.0 Å². The maximum atomic E-state index is 7.13. The monoisotopic (exact) mass is 819 g/mol. The van der Waals surface area contributed by atoms with Gasteiger partial charge in [-0.2, -0.15) is 0 Å². The van der Waals surface area contributed by atoms with E-state index < -0.39 is 0 Å². The number of fused-ring (bicyclic) bond motifs is 18. The van der Waals surface area contributed by atoms with E-state index in [0.717, 1.165) is 50.8 Å². The molecule has 0 atom stereocenters. The minimum atomic E-state index is 0.821. The van der Waals surface area contributed by atoms with E-state index in [9.17, 15) is 0 Å². The molecule has 3 heteroatoms. The molecule has 294 valence electrons. The molecule has 0 saturated heterocycles. The van der Waals surface area contributed by atoms with Gasteiger partial charge in [0.2, 0.25) is 0 Å². The number of benzene rings is 10. The van der Waals surface area contributed by atoms with Crippen molar-refractivity contribution in [3.8, 4) is 33.8 Å². The van der Waals surface area contributed by atoms with Gasteiger partial charge in [0.05, 0.1) is 5.69 Å². The van der Waals surface area contributed by atoms with Crippen LogP contribution in [-0.4, -0.2) is 0 Å². The number of ether oxygens (including phenoxy) is 1. The van der Waals surface area contributed by atoms with E-state index >= 15 is 0 Å². The Morgan fingerprint density at radius 3 is 1.46 bits per heavy atom. The van der Waals surface area contributed by atoms with Crippen molar-refractivity contribution in [2.24, 2.45) is 0 Å². The Morgan fingerprint density at radius 1 is 0.286 bits per heavy atom. The number of hydrogen-bond donors (Lipinski definition) is 0. The first-order chi connectivity index (χ1) is 31.3. The molecule has 1 aliphatic rings. The zero-order valence-electron chi connectivity index (χ0n) is 34.1. The largest absolute Gasteiger partial charge is 0.454 e. The molecule has 13 rings (SSSR count). The summed E-state index contributed by atoms with van der Waals surface area (Å²) in [6.07, 6.45) is 0. The molecule has 0 spiro atoms. The van der Waals surface area contributed by atoms with Crippen molar-refractivity contribution in [2.45, 2.75) is 0 Å². The number of rotatable bonds is 3. The van der Waals surface area contributed by atoms with Crippen LogP contribution >= 0.6 is 11.3 Å². The maximum Gasteiger partial charge on any atom is 0.159 e. The molecule has 0 radical (unpaired) electrons. The third-order valence-corrected chi connectivity index (χ3v) is 14.0. The van der Waals surface area contributed by atoms with Crippen molar-refractivity contribution in [2.75, 3.05) is 4.90 Å². The Hall–Kier alpha value is -7.98. The van der Waals surface area contributed by atoms with Gasteiger partial charge >= 0.3 is 0 Å². The van der Waals surface area contributed by atoms with Gasteiger partial charge in [0.1, 0.15) is 5.75 Å². The quantitative estimate of drug-likeness (QED) is 0.176. The Kier molecular flexibility index (Phi) is 8.12. The van der Waals surface area contributed by atoms with Crippen LogP contribution in [0.4, 0.5) is 17.1 Å². The van der Waals surface area contributed by atoms with Crippen LogP contribution < -0.4 is 9.64 Å². The number of anilines is 3. The average molecular weight is 820 g/mol. The lowest BCUT2D eigenvalue weighted by molar-refractivity contribution is 0.489. The third-order valence-electron chi connectivity index (χ3n) is 12.9. The van der Waals surface area contributed by atoms with Gasteiger partial charge in [-0.1, -0.05) is 170 Å². The second kappa shape index (κ2) is 14.3. The molecule has 0 amide bonds. The molecule has 2 heterocycles. The van der Waals surface area contributed by atoms with Gasteiger partial charge in [0.15, 0.2) is 5.75 Å². The first kappa shape index (κ1) is 35.7. The summed E-state index contributed by atoms with van der Waals surface area (Å²) in [4.78, 5) is 2.38. The minimum Gasteiger partial charge on any atom is -0.454 e. The van der Waals surface area contributed by atoms with E-state index in [1.807, 2.05) is 11.3 Å².